The van der Waals surface area contributed by atoms with Gasteiger partial charge in [0.05, 0.1) is 13.2 Å². The second kappa shape index (κ2) is 5.24. The lowest BCUT2D eigenvalue weighted by Crippen LogP contribution is -2.55. The molecule has 2 saturated heterocycles. The number of nitrogens with one attached hydrogen (secondary N) is 1. The van der Waals surface area contributed by atoms with Crippen molar-refractivity contribution in [1.82, 2.24) is 5.32 Å². The molecular formula is C18H19NO2. The molecule has 2 unspecified atom stereocenters. The number of carbonyl (C=O) groups is 1. The van der Waals surface area contributed by atoms with Crippen LogP contribution in [0.2, 0.25) is 0 Å². The van der Waals surface area contributed by atoms with E-state index in [1.165, 1.54) is 5.39 Å². The molecule has 0 saturated carbocycles. The first-order valence-electron chi connectivity index (χ1n) is 7.66. The molecule has 0 radical (unpaired) electrons. The van der Waals surface area contributed by atoms with Crippen molar-refractivity contribution in [2.75, 3.05) is 13.2 Å². The van der Waals surface area contributed by atoms with Crippen LogP contribution < -0.4 is 5.32 Å². The van der Waals surface area contributed by atoms with Crippen molar-refractivity contribution in [3.8, 4) is 0 Å². The van der Waals surface area contributed by atoms with Crippen LogP contribution in [0.25, 0.3) is 10.8 Å². The minimum Gasteiger partial charge on any atom is -0.378 e. The summed E-state index contributed by atoms with van der Waals surface area (Å²) in [6.45, 7) is 1.47. The first kappa shape index (κ1) is 13.0. The highest BCUT2D eigenvalue weighted by Gasteiger charge is 2.35. The van der Waals surface area contributed by atoms with E-state index < -0.39 is 0 Å². The Kier molecular flexibility index (Phi) is 3.24. The normalized spacial score (nSPS) is 28.5. The Bertz CT molecular complexity index is 670. The van der Waals surface area contributed by atoms with Gasteiger partial charge in [-0.1, -0.05) is 36.4 Å². The Morgan fingerprint density at radius 1 is 1.00 bits per heavy atom. The van der Waals surface area contributed by atoms with Crippen LogP contribution in [0.1, 0.15) is 23.2 Å². The molecule has 0 aliphatic carbocycles. The van der Waals surface area contributed by atoms with Gasteiger partial charge in [0.15, 0.2) is 5.78 Å². The maximum absolute atomic E-state index is 12.8. The first-order valence-corrected chi connectivity index (χ1v) is 7.66. The van der Waals surface area contributed by atoms with E-state index in [2.05, 4.69) is 17.4 Å². The average Bonchev–Trinajstić information content (AvgIpc) is 2.53. The van der Waals surface area contributed by atoms with Gasteiger partial charge in [-0.2, -0.15) is 0 Å². The van der Waals surface area contributed by atoms with E-state index in [-0.39, 0.29) is 5.92 Å². The number of rotatable bonds is 2. The summed E-state index contributed by atoms with van der Waals surface area (Å²) in [6.07, 6.45) is 1.78. The highest BCUT2D eigenvalue weighted by Crippen LogP contribution is 2.28. The minimum absolute atomic E-state index is 0.131. The van der Waals surface area contributed by atoms with Crippen molar-refractivity contribution in [3.63, 3.8) is 0 Å². The van der Waals surface area contributed by atoms with Crippen LogP contribution in [0.4, 0.5) is 0 Å². The Labute approximate surface area is 124 Å². The third kappa shape index (κ3) is 2.47. The predicted octanol–water partition coefficient (Wildman–Crippen LogP) is 2.79. The first-order chi connectivity index (χ1) is 10.3. The third-order valence-corrected chi connectivity index (χ3v) is 4.65. The standard InChI is InChI=1S/C18H19NO2/c20-18(15-8-16-10-21-11-17(9-15)19-16)14-6-5-12-3-1-2-4-13(12)7-14/h1-7,15-17,19H,8-11H2. The van der Waals surface area contributed by atoms with Crippen LogP contribution in [0.5, 0.6) is 0 Å². The Balaban J connectivity index is 1.60. The van der Waals surface area contributed by atoms with Gasteiger partial charge in [0.2, 0.25) is 0 Å². The maximum Gasteiger partial charge on any atom is 0.166 e. The zero-order valence-electron chi connectivity index (χ0n) is 11.9. The number of ketones is 1. The van der Waals surface area contributed by atoms with E-state index in [0.29, 0.717) is 17.9 Å². The van der Waals surface area contributed by atoms with Crippen molar-refractivity contribution in [3.05, 3.63) is 48.0 Å². The highest BCUT2D eigenvalue weighted by molar-refractivity contribution is 6.01. The molecule has 2 aliphatic heterocycles. The number of ether oxygens (including phenoxy) is 1. The molecule has 2 bridgehead atoms. The van der Waals surface area contributed by atoms with E-state index >= 15 is 0 Å². The molecule has 2 heterocycles. The van der Waals surface area contributed by atoms with Crippen LogP contribution in [0, 0.1) is 5.92 Å². The molecular weight excluding hydrogens is 262 g/mol. The summed E-state index contributed by atoms with van der Waals surface area (Å²) in [4.78, 5) is 12.8. The van der Waals surface area contributed by atoms with Crippen molar-refractivity contribution in [2.45, 2.75) is 24.9 Å². The van der Waals surface area contributed by atoms with Crippen molar-refractivity contribution in [2.24, 2.45) is 5.92 Å². The lowest BCUT2D eigenvalue weighted by atomic mass is 9.82. The fraction of sp³-hybridized carbons (Fsp3) is 0.389. The van der Waals surface area contributed by atoms with E-state index in [1.54, 1.807) is 0 Å². The van der Waals surface area contributed by atoms with Crippen LogP contribution >= 0.6 is 0 Å². The van der Waals surface area contributed by atoms with Gasteiger partial charge >= 0.3 is 0 Å². The molecule has 0 spiro atoms. The summed E-state index contributed by atoms with van der Waals surface area (Å²) in [5.41, 5.74) is 0.847. The summed E-state index contributed by atoms with van der Waals surface area (Å²) in [6, 6.07) is 14.9. The molecule has 2 aliphatic rings. The van der Waals surface area contributed by atoms with E-state index in [0.717, 1.165) is 37.0 Å². The maximum atomic E-state index is 12.8. The number of fused-ring (bicyclic) bond motifs is 3. The van der Waals surface area contributed by atoms with Gasteiger partial charge in [0, 0.05) is 23.6 Å². The lowest BCUT2D eigenvalue weighted by molar-refractivity contribution is 0.00953. The zero-order chi connectivity index (χ0) is 14.2. The summed E-state index contributed by atoms with van der Waals surface area (Å²) >= 11 is 0. The van der Waals surface area contributed by atoms with Crippen LogP contribution in [0.3, 0.4) is 0 Å². The molecule has 2 aromatic carbocycles. The zero-order valence-corrected chi connectivity index (χ0v) is 11.9. The number of piperidine rings is 1. The molecule has 0 amide bonds. The molecule has 3 nitrogen and oxygen atoms in total. The topological polar surface area (TPSA) is 38.3 Å². The van der Waals surface area contributed by atoms with Crippen LogP contribution in [0.15, 0.2) is 42.5 Å². The Morgan fingerprint density at radius 3 is 2.48 bits per heavy atom. The highest BCUT2D eigenvalue weighted by atomic mass is 16.5. The Hall–Kier alpha value is -1.71. The van der Waals surface area contributed by atoms with E-state index in [4.69, 9.17) is 4.74 Å². The summed E-state index contributed by atoms with van der Waals surface area (Å²) in [7, 11) is 0. The lowest BCUT2D eigenvalue weighted by Gasteiger charge is -2.39. The number of carbonyl (C=O) groups excluding carboxylic acids is 1. The van der Waals surface area contributed by atoms with Gasteiger partial charge in [-0.05, 0) is 29.7 Å². The molecule has 2 fully saturated rings. The summed E-state index contributed by atoms with van der Waals surface area (Å²) in [5, 5.41) is 5.87. The van der Waals surface area contributed by atoms with Gasteiger partial charge in [0.1, 0.15) is 0 Å². The van der Waals surface area contributed by atoms with Crippen molar-refractivity contribution >= 4 is 16.6 Å². The molecule has 2 aromatic rings. The fourth-order valence-corrected chi connectivity index (χ4v) is 3.63. The van der Waals surface area contributed by atoms with Gasteiger partial charge < -0.3 is 10.1 Å². The third-order valence-electron chi connectivity index (χ3n) is 4.65. The molecule has 21 heavy (non-hydrogen) atoms. The van der Waals surface area contributed by atoms with Crippen molar-refractivity contribution in [1.29, 1.82) is 0 Å². The summed E-state index contributed by atoms with van der Waals surface area (Å²) < 4.78 is 5.55. The molecule has 4 rings (SSSR count). The second-order valence-corrected chi connectivity index (χ2v) is 6.19. The second-order valence-electron chi connectivity index (χ2n) is 6.19. The predicted molar refractivity (Wildman–Crippen MR) is 82.5 cm³/mol. The van der Waals surface area contributed by atoms with E-state index in [1.807, 2.05) is 30.3 Å². The van der Waals surface area contributed by atoms with Gasteiger partial charge in [-0.25, -0.2) is 0 Å². The Morgan fingerprint density at radius 2 is 1.71 bits per heavy atom. The van der Waals surface area contributed by atoms with E-state index in [9.17, 15) is 4.79 Å². The molecule has 0 aromatic heterocycles. The minimum atomic E-state index is 0.131. The largest absolute Gasteiger partial charge is 0.378 e. The molecule has 1 N–H and O–H groups in total. The number of morpholine rings is 1. The molecule has 108 valence electrons. The fourth-order valence-electron chi connectivity index (χ4n) is 3.63. The SMILES string of the molecule is O=C(c1ccc2ccccc2c1)C1CC2COCC(C1)N2. The quantitative estimate of drug-likeness (QED) is 0.860. The van der Waals surface area contributed by atoms with Crippen LogP contribution in [-0.2, 0) is 4.74 Å². The molecule has 2 atom stereocenters. The number of benzene rings is 2. The molecule has 3 heteroatoms. The van der Waals surface area contributed by atoms with Crippen LogP contribution in [-0.4, -0.2) is 31.1 Å². The average molecular weight is 281 g/mol. The van der Waals surface area contributed by atoms with Crippen molar-refractivity contribution < 1.29 is 9.53 Å². The summed E-state index contributed by atoms with van der Waals surface area (Å²) in [5.74, 6) is 0.422. The monoisotopic (exact) mass is 281 g/mol. The van der Waals surface area contributed by atoms with Gasteiger partial charge in [0.25, 0.3) is 0 Å². The smallest absolute Gasteiger partial charge is 0.166 e. The van der Waals surface area contributed by atoms with Gasteiger partial charge in [-0.3, -0.25) is 4.79 Å². The number of hydrogen-bond donors (Lipinski definition) is 1. The number of Topliss-reactive ketones (excluding diaryl/α,β-unsaturated/α-hetero) is 1. The van der Waals surface area contributed by atoms with Gasteiger partial charge in [-0.15, -0.1) is 0 Å². The number of hydrogen-bond acceptors (Lipinski definition) is 3.